The van der Waals surface area contributed by atoms with Crippen LogP contribution in [0.1, 0.15) is 53.5 Å². The lowest BCUT2D eigenvalue weighted by Gasteiger charge is -2.38. The Kier molecular flexibility index (Phi) is 8.95. The van der Waals surface area contributed by atoms with Crippen LogP contribution < -0.4 is 15.8 Å². The summed E-state index contributed by atoms with van der Waals surface area (Å²) in [5.41, 5.74) is 4.64. The molecular formula is C23H37N5O4S2. The molecule has 0 saturated heterocycles. The van der Waals surface area contributed by atoms with Gasteiger partial charge in [-0.1, -0.05) is 83.6 Å². The molecule has 0 aromatic heterocycles. The van der Waals surface area contributed by atoms with Gasteiger partial charge in [-0.25, -0.2) is 18.1 Å². The van der Waals surface area contributed by atoms with E-state index >= 15 is 0 Å². The monoisotopic (exact) mass is 511 g/mol. The third-order valence-corrected chi connectivity index (χ3v) is 8.17. The minimum absolute atomic E-state index is 0.0814. The highest BCUT2D eigenvalue weighted by atomic mass is 32.2. The lowest BCUT2D eigenvalue weighted by atomic mass is 9.89. The SMILES string of the molecule is CCNCCS(=O)(=O)NC[C@]1(c2ccccc2)SC(CC(C)(C)C(N)=O)=NN1C(=O)C(C)(C)C. The Balaban J connectivity index is 2.53. The number of primary amides is 1. The molecule has 0 unspecified atom stereocenters. The predicted molar refractivity (Wildman–Crippen MR) is 137 cm³/mol. The average molecular weight is 512 g/mol. The van der Waals surface area contributed by atoms with Crippen molar-refractivity contribution in [3.63, 3.8) is 0 Å². The Morgan fingerprint density at radius 1 is 1.15 bits per heavy atom. The lowest BCUT2D eigenvalue weighted by Crippen LogP contribution is -2.52. The van der Waals surface area contributed by atoms with Gasteiger partial charge in [0.2, 0.25) is 21.8 Å². The molecule has 2 rings (SSSR count). The molecule has 0 spiro atoms. The number of hydrazone groups is 1. The highest BCUT2D eigenvalue weighted by Crippen LogP contribution is 2.49. The van der Waals surface area contributed by atoms with Crippen LogP contribution in [0.5, 0.6) is 0 Å². The summed E-state index contributed by atoms with van der Waals surface area (Å²) in [6.45, 7) is 11.6. The van der Waals surface area contributed by atoms with E-state index < -0.39 is 31.6 Å². The number of carbonyl (C=O) groups is 2. The molecule has 34 heavy (non-hydrogen) atoms. The second-order valence-corrected chi connectivity index (χ2v) is 13.3. The van der Waals surface area contributed by atoms with E-state index in [9.17, 15) is 18.0 Å². The standard InChI is InChI=1S/C23H37N5O4S2/c1-7-25-13-14-34(31,32)26-16-23(17-11-9-8-10-12-17)28(20(30)21(2,3)4)27-18(33-23)15-22(5,6)19(24)29/h8-12,25-26H,7,13-16H2,1-6H3,(H2,24,29)/t23-/m1/s1. The Bertz CT molecular complexity index is 1020. The summed E-state index contributed by atoms with van der Waals surface area (Å²) in [7, 11) is -3.63. The number of rotatable bonds is 11. The van der Waals surface area contributed by atoms with Crippen molar-refractivity contribution < 1.29 is 18.0 Å². The number of sulfonamides is 1. The fourth-order valence-corrected chi connectivity index (χ4v) is 5.90. The number of nitrogens with zero attached hydrogens (tertiary/aromatic N) is 2. The van der Waals surface area contributed by atoms with Gasteiger partial charge in [0.25, 0.3) is 0 Å². The van der Waals surface area contributed by atoms with Crippen LogP contribution in [0.3, 0.4) is 0 Å². The van der Waals surface area contributed by atoms with Gasteiger partial charge in [0.15, 0.2) is 4.87 Å². The fourth-order valence-electron chi connectivity index (χ4n) is 3.27. The zero-order valence-corrected chi connectivity index (χ0v) is 22.5. The molecule has 9 nitrogen and oxygen atoms in total. The lowest BCUT2D eigenvalue weighted by molar-refractivity contribution is -0.143. The first-order valence-electron chi connectivity index (χ1n) is 11.3. The van der Waals surface area contributed by atoms with Crippen molar-refractivity contribution in [3.05, 3.63) is 35.9 Å². The summed E-state index contributed by atoms with van der Waals surface area (Å²) in [6, 6.07) is 9.22. The number of carbonyl (C=O) groups excluding carboxylic acids is 2. The van der Waals surface area contributed by atoms with Gasteiger partial charge < -0.3 is 11.1 Å². The Labute approximate surface area is 207 Å². The van der Waals surface area contributed by atoms with E-state index in [1.165, 1.54) is 16.8 Å². The maximum Gasteiger partial charge on any atom is 0.249 e. The van der Waals surface area contributed by atoms with Crippen LogP contribution in [0, 0.1) is 10.8 Å². The Hall–Kier alpha value is -1.95. The van der Waals surface area contributed by atoms with Crippen LogP contribution in [0.2, 0.25) is 0 Å². The molecule has 1 atom stereocenters. The van der Waals surface area contributed by atoms with Crippen LogP contribution in [-0.2, 0) is 24.5 Å². The second kappa shape index (κ2) is 10.8. The van der Waals surface area contributed by atoms with Crippen molar-refractivity contribution >= 4 is 38.6 Å². The number of hydrogen-bond donors (Lipinski definition) is 3. The molecule has 0 bridgehead atoms. The van der Waals surface area contributed by atoms with Gasteiger partial charge in [-0.3, -0.25) is 9.59 Å². The number of nitrogens with one attached hydrogen (secondary N) is 2. The molecular weight excluding hydrogens is 474 g/mol. The van der Waals surface area contributed by atoms with Gasteiger partial charge in [-0.05, 0) is 12.1 Å². The van der Waals surface area contributed by atoms with Gasteiger partial charge in [-0.2, -0.15) is 5.10 Å². The highest BCUT2D eigenvalue weighted by molar-refractivity contribution is 8.15. The molecule has 0 fully saturated rings. The summed E-state index contributed by atoms with van der Waals surface area (Å²) >= 11 is 1.28. The smallest absolute Gasteiger partial charge is 0.249 e. The molecule has 4 N–H and O–H groups in total. The van der Waals surface area contributed by atoms with Crippen molar-refractivity contribution in [2.45, 2.75) is 52.8 Å². The van der Waals surface area contributed by atoms with E-state index in [4.69, 9.17) is 5.73 Å². The topological polar surface area (TPSA) is 134 Å². The fraction of sp³-hybridized carbons (Fsp3) is 0.609. The highest BCUT2D eigenvalue weighted by Gasteiger charge is 2.51. The number of benzene rings is 1. The number of amides is 2. The largest absolute Gasteiger partial charge is 0.369 e. The summed E-state index contributed by atoms with van der Waals surface area (Å²) in [6.07, 6.45) is 0.225. The van der Waals surface area contributed by atoms with Crippen LogP contribution in [0.25, 0.3) is 0 Å². The van der Waals surface area contributed by atoms with Crippen LogP contribution >= 0.6 is 11.8 Å². The van der Waals surface area contributed by atoms with E-state index in [2.05, 4.69) is 15.1 Å². The van der Waals surface area contributed by atoms with E-state index in [0.29, 0.717) is 18.1 Å². The molecule has 190 valence electrons. The average Bonchev–Trinajstić information content (AvgIpc) is 3.10. The molecule has 1 heterocycles. The van der Waals surface area contributed by atoms with Gasteiger partial charge in [-0.15, -0.1) is 0 Å². The van der Waals surface area contributed by atoms with Gasteiger partial charge >= 0.3 is 0 Å². The van der Waals surface area contributed by atoms with E-state index in [0.717, 1.165) is 5.56 Å². The van der Waals surface area contributed by atoms with E-state index in [1.54, 1.807) is 34.6 Å². The van der Waals surface area contributed by atoms with Crippen molar-refractivity contribution in [1.29, 1.82) is 0 Å². The maximum absolute atomic E-state index is 13.6. The quantitative estimate of drug-likeness (QED) is 0.390. The molecule has 1 aromatic rings. The zero-order valence-electron chi connectivity index (χ0n) is 20.8. The van der Waals surface area contributed by atoms with Crippen molar-refractivity contribution in [3.8, 4) is 0 Å². The Morgan fingerprint density at radius 3 is 2.29 bits per heavy atom. The molecule has 2 amide bonds. The molecule has 0 aliphatic carbocycles. The molecule has 11 heteroatoms. The number of nitrogens with two attached hydrogens (primary N) is 1. The van der Waals surface area contributed by atoms with Crippen molar-refractivity contribution in [2.24, 2.45) is 21.7 Å². The Morgan fingerprint density at radius 2 is 1.76 bits per heavy atom. The van der Waals surface area contributed by atoms with Crippen LogP contribution in [0.15, 0.2) is 35.4 Å². The molecule has 0 saturated carbocycles. The van der Waals surface area contributed by atoms with Gasteiger partial charge in [0, 0.05) is 23.8 Å². The summed E-state index contributed by atoms with van der Waals surface area (Å²) in [4.78, 5) is 24.4. The minimum Gasteiger partial charge on any atom is -0.369 e. The number of hydrogen-bond acceptors (Lipinski definition) is 7. The summed E-state index contributed by atoms with van der Waals surface area (Å²) in [5.74, 6) is -0.833. The van der Waals surface area contributed by atoms with Crippen LogP contribution in [-0.4, -0.2) is 55.7 Å². The first-order valence-corrected chi connectivity index (χ1v) is 13.8. The molecule has 0 radical (unpaired) electrons. The van der Waals surface area contributed by atoms with Crippen molar-refractivity contribution in [1.82, 2.24) is 15.0 Å². The minimum atomic E-state index is -3.63. The molecule has 1 aliphatic rings. The zero-order chi connectivity index (χ0) is 25.8. The molecule has 1 aromatic carbocycles. The van der Waals surface area contributed by atoms with Gasteiger partial charge in [0.1, 0.15) is 0 Å². The predicted octanol–water partition coefficient (Wildman–Crippen LogP) is 2.20. The first kappa shape index (κ1) is 28.3. The van der Waals surface area contributed by atoms with Crippen molar-refractivity contribution in [2.75, 3.05) is 25.4 Å². The van der Waals surface area contributed by atoms with E-state index in [1.807, 2.05) is 37.3 Å². The number of thioether (sulfide) groups is 1. The van der Waals surface area contributed by atoms with Gasteiger partial charge in [0.05, 0.1) is 17.3 Å². The second-order valence-electron chi connectivity index (χ2n) is 10.0. The summed E-state index contributed by atoms with van der Waals surface area (Å²) in [5, 5.41) is 9.57. The van der Waals surface area contributed by atoms with Crippen LogP contribution in [0.4, 0.5) is 0 Å². The van der Waals surface area contributed by atoms with E-state index in [-0.39, 0.29) is 24.6 Å². The maximum atomic E-state index is 13.6. The first-order chi connectivity index (χ1) is 15.6. The third-order valence-electron chi connectivity index (χ3n) is 5.49. The summed E-state index contributed by atoms with van der Waals surface area (Å²) < 4.78 is 28.2. The molecule has 1 aliphatic heterocycles. The normalized spacial score (nSPS) is 19.2. The third kappa shape index (κ3) is 6.80.